The van der Waals surface area contributed by atoms with Crippen molar-refractivity contribution in [3.8, 4) is 0 Å². The van der Waals surface area contributed by atoms with Crippen LogP contribution in [0, 0.1) is 0 Å². The quantitative estimate of drug-likeness (QED) is 0.628. The molecule has 0 amide bonds. The van der Waals surface area contributed by atoms with E-state index in [1.165, 1.54) is 0 Å². The van der Waals surface area contributed by atoms with Gasteiger partial charge in [0.05, 0.1) is 11.9 Å². The zero-order valence-electron chi connectivity index (χ0n) is 6.73. The lowest BCUT2D eigenvalue weighted by Crippen LogP contribution is -1.99. The van der Waals surface area contributed by atoms with Crippen LogP contribution in [-0.4, -0.2) is 29.0 Å². The van der Waals surface area contributed by atoms with Gasteiger partial charge in [0.1, 0.15) is 0 Å². The van der Waals surface area contributed by atoms with Crippen LogP contribution in [-0.2, 0) is 0 Å². The fourth-order valence-corrected chi connectivity index (χ4v) is 0.622. The monoisotopic (exact) mass is 149 g/mol. The minimum atomic E-state index is 0.876. The molecule has 0 aromatic carbocycles. The number of hydrogen-bond acceptors (Lipinski definition) is 3. The van der Waals surface area contributed by atoms with Crippen LogP contribution in [0.2, 0.25) is 0 Å². The molecular formula is C8H11N3. The molecule has 1 heterocycles. The molecule has 0 saturated heterocycles. The number of hydrogen-bond donors (Lipinski definition) is 0. The summed E-state index contributed by atoms with van der Waals surface area (Å²) in [5, 5.41) is 0. The van der Waals surface area contributed by atoms with Crippen molar-refractivity contribution in [2.75, 3.05) is 14.1 Å². The molecule has 0 aliphatic heterocycles. The molecule has 0 saturated carbocycles. The molecule has 0 unspecified atom stereocenters. The maximum absolute atomic E-state index is 4.07. The van der Waals surface area contributed by atoms with Crippen LogP contribution >= 0.6 is 0 Å². The summed E-state index contributed by atoms with van der Waals surface area (Å²) in [6.45, 7) is 0. The van der Waals surface area contributed by atoms with Crippen molar-refractivity contribution in [2.45, 2.75) is 0 Å². The van der Waals surface area contributed by atoms with E-state index in [1.54, 1.807) is 18.6 Å². The summed E-state index contributed by atoms with van der Waals surface area (Å²) in [5.74, 6) is 0. The molecule has 0 N–H and O–H groups in total. The van der Waals surface area contributed by atoms with E-state index in [9.17, 15) is 0 Å². The Morgan fingerprint density at radius 3 is 2.73 bits per heavy atom. The highest BCUT2D eigenvalue weighted by atomic mass is 15.0. The van der Waals surface area contributed by atoms with Gasteiger partial charge in [-0.3, -0.25) is 9.97 Å². The van der Waals surface area contributed by atoms with Gasteiger partial charge in [-0.15, -0.1) is 0 Å². The predicted molar refractivity (Wildman–Crippen MR) is 44.8 cm³/mol. The van der Waals surface area contributed by atoms with E-state index in [0.717, 1.165) is 5.69 Å². The van der Waals surface area contributed by atoms with E-state index in [1.807, 2.05) is 31.3 Å². The molecule has 3 heteroatoms. The van der Waals surface area contributed by atoms with Gasteiger partial charge in [-0.05, 0) is 6.08 Å². The Morgan fingerprint density at radius 1 is 1.36 bits per heavy atom. The third kappa shape index (κ3) is 2.80. The summed E-state index contributed by atoms with van der Waals surface area (Å²) in [6, 6.07) is 0. The Labute approximate surface area is 66.4 Å². The first kappa shape index (κ1) is 7.72. The molecular weight excluding hydrogens is 138 g/mol. The normalized spacial score (nSPS) is 10.4. The minimum absolute atomic E-state index is 0.876. The lowest BCUT2D eigenvalue weighted by atomic mass is 10.4. The Kier molecular flexibility index (Phi) is 2.60. The molecule has 11 heavy (non-hydrogen) atoms. The zero-order chi connectivity index (χ0) is 8.10. The maximum atomic E-state index is 4.07. The number of rotatable bonds is 2. The Bertz CT molecular complexity index is 228. The molecule has 0 radical (unpaired) electrons. The Balaban J connectivity index is 2.65. The second-order valence-corrected chi connectivity index (χ2v) is 2.41. The topological polar surface area (TPSA) is 29.0 Å². The molecule has 0 fully saturated rings. The first-order chi connectivity index (χ1) is 5.29. The van der Waals surface area contributed by atoms with Gasteiger partial charge in [-0.1, -0.05) is 0 Å². The molecule has 1 aromatic heterocycles. The highest BCUT2D eigenvalue weighted by Gasteiger charge is 1.84. The highest BCUT2D eigenvalue weighted by molar-refractivity contribution is 5.41. The Hall–Kier alpha value is -1.38. The summed E-state index contributed by atoms with van der Waals surface area (Å²) in [6.07, 6.45) is 8.90. The van der Waals surface area contributed by atoms with Gasteiger partial charge in [0.2, 0.25) is 0 Å². The van der Waals surface area contributed by atoms with Crippen LogP contribution in [0.5, 0.6) is 0 Å². The molecule has 0 aliphatic carbocycles. The average Bonchev–Trinajstić information content (AvgIpc) is 2.03. The summed E-state index contributed by atoms with van der Waals surface area (Å²) in [5.41, 5.74) is 0.876. The van der Waals surface area contributed by atoms with Crippen molar-refractivity contribution in [3.63, 3.8) is 0 Å². The summed E-state index contributed by atoms with van der Waals surface area (Å²) < 4.78 is 0. The van der Waals surface area contributed by atoms with E-state index in [2.05, 4.69) is 9.97 Å². The van der Waals surface area contributed by atoms with Crippen LogP contribution in [0.3, 0.4) is 0 Å². The molecule has 3 nitrogen and oxygen atoms in total. The van der Waals surface area contributed by atoms with Crippen LogP contribution in [0.1, 0.15) is 5.69 Å². The molecule has 0 bridgehead atoms. The first-order valence-electron chi connectivity index (χ1n) is 3.39. The van der Waals surface area contributed by atoms with E-state index in [4.69, 9.17) is 0 Å². The number of nitrogens with zero attached hydrogens (tertiary/aromatic N) is 3. The highest BCUT2D eigenvalue weighted by Crippen LogP contribution is 1.93. The molecule has 58 valence electrons. The Morgan fingerprint density at radius 2 is 2.18 bits per heavy atom. The van der Waals surface area contributed by atoms with Crippen molar-refractivity contribution >= 4 is 6.08 Å². The van der Waals surface area contributed by atoms with Crippen LogP contribution in [0.15, 0.2) is 24.8 Å². The third-order valence-electron chi connectivity index (χ3n) is 1.13. The van der Waals surface area contributed by atoms with Gasteiger partial charge in [-0.25, -0.2) is 0 Å². The van der Waals surface area contributed by atoms with E-state index >= 15 is 0 Å². The van der Waals surface area contributed by atoms with Gasteiger partial charge in [-0.2, -0.15) is 0 Å². The third-order valence-corrected chi connectivity index (χ3v) is 1.13. The lowest BCUT2D eigenvalue weighted by molar-refractivity contribution is 0.567. The van der Waals surface area contributed by atoms with Crippen molar-refractivity contribution in [3.05, 3.63) is 30.5 Å². The van der Waals surface area contributed by atoms with E-state index in [0.29, 0.717) is 0 Å². The van der Waals surface area contributed by atoms with E-state index < -0.39 is 0 Å². The van der Waals surface area contributed by atoms with Gasteiger partial charge in [0.15, 0.2) is 0 Å². The van der Waals surface area contributed by atoms with Gasteiger partial charge >= 0.3 is 0 Å². The van der Waals surface area contributed by atoms with Crippen LogP contribution in [0.25, 0.3) is 6.08 Å². The fraction of sp³-hybridized carbons (Fsp3) is 0.250. The molecule has 1 aromatic rings. The van der Waals surface area contributed by atoms with Crippen LogP contribution < -0.4 is 0 Å². The van der Waals surface area contributed by atoms with Crippen molar-refractivity contribution < 1.29 is 0 Å². The number of aromatic nitrogens is 2. The summed E-state index contributed by atoms with van der Waals surface area (Å²) in [7, 11) is 3.93. The minimum Gasteiger partial charge on any atom is -0.383 e. The summed E-state index contributed by atoms with van der Waals surface area (Å²) >= 11 is 0. The first-order valence-corrected chi connectivity index (χ1v) is 3.39. The second kappa shape index (κ2) is 3.71. The fourth-order valence-electron chi connectivity index (χ4n) is 0.622. The standard InChI is InChI=1S/C8H11N3/c1-11(2)6-3-8-7-9-4-5-10-8/h3-7H,1-2H3/b6-3+. The zero-order valence-corrected chi connectivity index (χ0v) is 6.73. The molecule has 0 spiro atoms. The van der Waals surface area contributed by atoms with Gasteiger partial charge in [0.25, 0.3) is 0 Å². The van der Waals surface area contributed by atoms with Crippen molar-refractivity contribution in [1.82, 2.24) is 14.9 Å². The van der Waals surface area contributed by atoms with Crippen molar-refractivity contribution in [1.29, 1.82) is 0 Å². The maximum Gasteiger partial charge on any atom is 0.0827 e. The molecule has 0 aliphatic rings. The largest absolute Gasteiger partial charge is 0.383 e. The smallest absolute Gasteiger partial charge is 0.0827 e. The van der Waals surface area contributed by atoms with Crippen LogP contribution in [0.4, 0.5) is 0 Å². The predicted octanol–water partition coefficient (Wildman–Crippen LogP) is 1.01. The lowest BCUT2D eigenvalue weighted by Gasteiger charge is -2.01. The van der Waals surface area contributed by atoms with E-state index in [-0.39, 0.29) is 0 Å². The second-order valence-electron chi connectivity index (χ2n) is 2.41. The van der Waals surface area contributed by atoms with Crippen molar-refractivity contribution in [2.24, 2.45) is 0 Å². The average molecular weight is 149 g/mol. The van der Waals surface area contributed by atoms with Gasteiger partial charge < -0.3 is 4.90 Å². The SMILES string of the molecule is CN(C)/C=C/c1cnccn1. The molecule has 0 atom stereocenters. The van der Waals surface area contributed by atoms with Gasteiger partial charge in [0, 0.05) is 32.7 Å². The molecule has 1 rings (SSSR count). The summed E-state index contributed by atoms with van der Waals surface area (Å²) in [4.78, 5) is 9.96.